The highest BCUT2D eigenvalue weighted by molar-refractivity contribution is 6.15. The SMILES string of the molecule is Cl.NC(=Nc1ccccc1)N1CCN(C=C2N=C(c3cccc4ccoc34)OC2=O)CC1. The summed E-state index contributed by atoms with van der Waals surface area (Å²) in [5.41, 5.74) is 8.58. The molecular weight excluding hydrogens is 430 g/mol. The van der Waals surface area contributed by atoms with E-state index < -0.39 is 5.97 Å². The van der Waals surface area contributed by atoms with Crippen LogP contribution in [0.15, 0.2) is 87.2 Å². The Bertz CT molecular complexity index is 1210. The number of piperazine rings is 1. The van der Waals surface area contributed by atoms with Crippen LogP contribution in [0, 0.1) is 0 Å². The van der Waals surface area contributed by atoms with Crippen molar-refractivity contribution in [2.45, 2.75) is 0 Å². The van der Waals surface area contributed by atoms with Gasteiger partial charge in [0.25, 0.3) is 0 Å². The number of guanidine groups is 1. The summed E-state index contributed by atoms with van der Waals surface area (Å²) in [6, 6.07) is 17.1. The maximum Gasteiger partial charge on any atom is 0.365 e. The zero-order valence-corrected chi connectivity index (χ0v) is 18.0. The number of nitrogens with two attached hydrogens (primary N) is 1. The van der Waals surface area contributed by atoms with Crippen LogP contribution in [0.25, 0.3) is 11.0 Å². The van der Waals surface area contributed by atoms with Gasteiger partial charge in [-0.2, -0.15) is 0 Å². The summed E-state index contributed by atoms with van der Waals surface area (Å²) in [7, 11) is 0. The molecule has 2 aromatic carbocycles. The maximum absolute atomic E-state index is 12.4. The van der Waals surface area contributed by atoms with Crippen LogP contribution in [0.3, 0.4) is 0 Å². The fourth-order valence-electron chi connectivity index (χ4n) is 3.63. The van der Waals surface area contributed by atoms with Gasteiger partial charge in [0.2, 0.25) is 5.90 Å². The Morgan fingerprint density at radius 2 is 1.81 bits per heavy atom. The molecule has 0 spiro atoms. The first-order valence-electron chi connectivity index (χ1n) is 10.0. The summed E-state index contributed by atoms with van der Waals surface area (Å²) in [6.07, 6.45) is 3.36. The number of hydrogen-bond donors (Lipinski definition) is 1. The Kier molecular flexibility index (Phi) is 6.13. The number of ether oxygens (including phenoxy) is 1. The van der Waals surface area contributed by atoms with Gasteiger partial charge in [0, 0.05) is 37.8 Å². The first-order valence-corrected chi connectivity index (χ1v) is 10.0. The Morgan fingerprint density at radius 3 is 2.59 bits per heavy atom. The summed E-state index contributed by atoms with van der Waals surface area (Å²) in [5, 5.41) is 0.930. The monoisotopic (exact) mass is 451 g/mol. The standard InChI is InChI=1S/C23H21N5O3.ClH/c24-23(25-17-6-2-1-3-7-17)28-12-10-27(11-13-28)15-19-22(29)31-21(26-19)18-8-4-5-16-9-14-30-20(16)18;/h1-9,14-15H,10-13H2,(H2,24,25);1H. The number of nitrogens with zero attached hydrogens (tertiary/aromatic N) is 4. The molecule has 164 valence electrons. The number of para-hydroxylation sites is 2. The minimum Gasteiger partial charge on any atom is -0.464 e. The number of aliphatic imine (C=N–C) groups is 2. The van der Waals surface area contributed by atoms with Crippen LogP contribution in [0.5, 0.6) is 0 Å². The summed E-state index contributed by atoms with van der Waals surface area (Å²) in [5.74, 6) is 0.284. The lowest BCUT2D eigenvalue weighted by Crippen LogP contribution is -2.49. The number of carbonyl (C=O) groups excluding carboxylic acids is 1. The number of halogens is 1. The smallest absolute Gasteiger partial charge is 0.365 e. The van der Waals surface area contributed by atoms with Gasteiger partial charge in [-0.1, -0.05) is 30.3 Å². The van der Waals surface area contributed by atoms with Crippen LogP contribution in [-0.2, 0) is 9.53 Å². The lowest BCUT2D eigenvalue weighted by Gasteiger charge is -2.34. The Balaban J connectivity index is 0.00000245. The molecule has 2 aliphatic rings. The van der Waals surface area contributed by atoms with Gasteiger partial charge in [0.1, 0.15) is 5.58 Å². The molecule has 2 aliphatic heterocycles. The minimum absolute atomic E-state index is 0. The van der Waals surface area contributed by atoms with E-state index in [1.807, 2.05) is 64.4 Å². The highest BCUT2D eigenvalue weighted by atomic mass is 35.5. The van der Waals surface area contributed by atoms with Crippen LogP contribution in [-0.4, -0.2) is 53.8 Å². The molecule has 0 aliphatic carbocycles. The summed E-state index contributed by atoms with van der Waals surface area (Å²) in [4.78, 5) is 25.3. The molecule has 32 heavy (non-hydrogen) atoms. The fraction of sp³-hybridized carbons (Fsp3) is 0.174. The molecule has 1 fully saturated rings. The minimum atomic E-state index is -0.467. The molecule has 0 bridgehead atoms. The van der Waals surface area contributed by atoms with E-state index in [0.717, 1.165) is 11.1 Å². The number of rotatable bonds is 3. The number of benzene rings is 2. The molecule has 9 heteroatoms. The van der Waals surface area contributed by atoms with E-state index in [4.69, 9.17) is 14.9 Å². The summed E-state index contributed by atoms with van der Waals surface area (Å²) < 4.78 is 10.9. The number of furan rings is 1. The number of fused-ring (bicyclic) bond motifs is 1. The van der Waals surface area contributed by atoms with Crippen LogP contribution < -0.4 is 5.73 Å². The quantitative estimate of drug-likeness (QED) is 0.284. The molecule has 0 radical (unpaired) electrons. The average molecular weight is 452 g/mol. The molecule has 1 aromatic heterocycles. The van der Waals surface area contributed by atoms with Crippen LogP contribution in [0.4, 0.5) is 5.69 Å². The lowest BCUT2D eigenvalue weighted by atomic mass is 10.1. The topological polar surface area (TPSA) is 96.7 Å². The van der Waals surface area contributed by atoms with Crippen molar-refractivity contribution < 1.29 is 13.9 Å². The number of esters is 1. The fourth-order valence-corrected chi connectivity index (χ4v) is 3.63. The molecule has 0 unspecified atom stereocenters. The van der Waals surface area contributed by atoms with Crippen molar-refractivity contribution in [3.8, 4) is 0 Å². The van der Waals surface area contributed by atoms with Crippen molar-refractivity contribution in [3.05, 3.63) is 78.3 Å². The molecule has 5 rings (SSSR count). The summed E-state index contributed by atoms with van der Waals surface area (Å²) >= 11 is 0. The van der Waals surface area contributed by atoms with Crippen LogP contribution >= 0.6 is 12.4 Å². The predicted octanol–water partition coefficient (Wildman–Crippen LogP) is 3.26. The third kappa shape index (κ3) is 4.31. The number of hydrogen-bond acceptors (Lipinski definition) is 6. The van der Waals surface area contributed by atoms with Crippen molar-refractivity contribution >= 4 is 46.9 Å². The largest absolute Gasteiger partial charge is 0.464 e. The van der Waals surface area contributed by atoms with E-state index in [1.54, 1.807) is 12.5 Å². The van der Waals surface area contributed by atoms with Crippen molar-refractivity contribution in [2.75, 3.05) is 26.2 Å². The van der Waals surface area contributed by atoms with Gasteiger partial charge >= 0.3 is 5.97 Å². The van der Waals surface area contributed by atoms with Gasteiger partial charge in [0.15, 0.2) is 11.7 Å². The first-order chi connectivity index (χ1) is 15.2. The second-order valence-electron chi connectivity index (χ2n) is 7.29. The molecule has 0 atom stereocenters. The molecule has 2 N–H and O–H groups in total. The molecule has 3 aromatic rings. The molecule has 8 nitrogen and oxygen atoms in total. The van der Waals surface area contributed by atoms with Gasteiger partial charge in [-0.15, -0.1) is 12.4 Å². The van der Waals surface area contributed by atoms with Crippen LogP contribution in [0.2, 0.25) is 0 Å². The van der Waals surface area contributed by atoms with Crippen molar-refractivity contribution in [1.29, 1.82) is 0 Å². The number of cyclic esters (lactones) is 1. The highest BCUT2D eigenvalue weighted by Gasteiger charge is 2.27. The van der Waals surface area contributed by atoms with Gasteiger partial charge in [-0.25, -0.2) is 14.8 Å². The van der Waals surface area contributed by atoms with Gasteiger partial charge < -0.3 is 24.7 Å². The Labute approximate surface area is 191 Å². The third-order valence-corrected chi connectivity index (χ3v) is 5.27. The summed E-state index contributed by atoms with van der Waals surface area (Å²) in [6.45, 7) is 2.79. The van der Waals surface area contributed by atoms with Crippen molar-refractivity contribution in [3.63, 3.8) is 0 Å². The van der Waals surface area contributed by atoms with E-state index in [1.165, 1.54) is 0 Å². The van der Waals surface area contributed by atoms with Gasteiger partial charge in [-0.3, -0.25) is 0 Å². The lowest BCUT2D eigenvalue weighted by molar-refractivity contribution is -0.130. The van der Waals surface area contributed by atoms with E-state index >= 15 is 0 Å². The Morgan fingerprint density at radius 1 is 1.03 bits per heavy atom. The van der Waals surface area contributed by atoms with E-state index in [9.17, 15) is 4.79 Å². The van der Waals surface area contributed by atoms with Crippen molar-refractivity contribution in [1.82, 2.24) is 9.80 Å². The van der Waals surface area contributed by atoms with Crippen molar-refractivity contribution in [2.24, 2.45) is 15.7 Å². The second-order valence-corrected chi connectivity index (χ2v) is 7.29. The van der Waals surface area contributed by atoms with E-state index in [0.29, 0.717) is 43.3 Å². The predicted molar refractivity (Wildman–Crippen MR) is 125 cm³/mol. The zero-order chi connectivity index (χ0) is 21.2. The average Bonchev–Trinajstić information content (AvgIpc) is 3.41. The van der Waals surface area contributed by atoms with Gasteiger partial charge in [-0.05, 0) is 24.3 Å². The number of carbonyl (C=O) groups is 1. The first kappa shape index (κ1) is 21.5. The van der Waals surface area contributed by atoms with Crippen LogP contribution in [0.1, 0.15) is 5.56 Å². The van der Waals surface area contributed by atoms with Gasteiger partial charge in [0.05, 0.1) is 17.5 Å². The third-order valence-electron chi connectivity index (χ3n) is 5.27. The second kappa shape index (κ2) is 9.15. The molecule has 1 saturated heterocycles. The molecular formula is C23H22ClN5O3. The zero-order valence-electron chi connectivity index (χ0n) is 17.2. The molecule has 0 amide bonds. The molecule has 0 saturated carbocycles. The van der Waals surface area contributed by atoms with E-state index in [2.05, 4.69) is 9.98 Å². The van der Waals surface area contributed by atoms with E-state index in [-0.39, 0.29) is 24.0 Å². The normalized spacial score (nSPS) is 18.0. The Hall–Kier alpha value is -3.78. The maximum atomic E-state index is 12.4. The molecule has 3 heterocycles. The highest BCUT2D eigenvalue weighted by Crippen LogP contribution is 2.25.